The van der Waals surface area contributed by atoms with Gasteiger partial charge < -0.3 is 9.64 Å². The molecule has 1 saturated heterocycles. The summed E-state index contributed by atoms with van der Waals surface area (Å²) in [5, 5.41) is 0. The van der Waals surface area contributed by atoms with E-state index in [0.717, 1.165) is 43.0 Å². The molecule has 0 aliphatic carbocycles. The highest BCUT2D eigenvalue weighted by Crippen LogP contribution is 2.21. The van der Waals surface area contributed by atoms with Gasteiger partial charge in [0.05, 0.1) is 6.61 Å². The molecule has 1 aromatic heterocycles. The number of hydrogen-bond acceptors (Lipinski definition) is 3. The minimum atomic E-state index is 0.803. The Balaban J connectivity index is 2.19. The molecule has 1 fully saturated rings. The molecule has 3 nitrogen and oxygen atoms in total. The van der Waals surface area contributed by atoms with Crippen molar-refractivity contribution < 1.29 is 4.74 Å². The van der Waals surface area contributed by atoms with Gasteiger partial charge in [-0.1, -0.05) is 0 Å². The lowest BCUT2D eigenvalue weighted by molar-refractivity contribution is 0.152. The summed E-state index contributed by atoms with van der Waals surface area (Å²) >= 11 is 3.43. The Kier molecular flexibility index (Phi) is 3.59. The topological polar surface area (TPSA) is 25.4 Å². The number of aromatic nitrogens is 1. The molecular formula is C11H15BrN2O. The summed E-state index contributed by atoms with van der Waals surface area (Å²) in [7, 11) is 0. The quantitative estimate of drug-likeness (QED) is 0.784. The maximum atomic E-state index is 5.43. The van der Waals surface area contributed by atoms with E-state index in [1.807, 2.05) is 6.20 Å². The van der Waals surface area contributed by atoms with Crippen molar-refractivity contribution in [3.8, 4) is 0 Å². The Labute approximate surface area is 98.6 Å². The maximum Gasteiger partial charge on any atom is 0.131 e. The summed E-state index contributed by atoms with van der Waals surface area (Å²) in [5.74, 6) is 1.09. The van der Waals surface area contributed by atoms with Gasteiger partial charge in [-0.3, -0.25) is 0 Å². The van der Waals surface area contributed by atoms with Crippen molar-refractivity contribution in [2.45, 2.75) is 13.3 Å². The fraction of sp³-hybridized carbons (Fsp3) is 0.545. The number of halogens is 1. The lowest BCUT2D eigenvalue weighted by Gasteiger charge is -2.22. The van der Waals surface area contributed by atoms with Gasteiger partial charge in [0, 0.05) is 30.4 Å². The van der Waals surface area contributed by atoms with Gasteiger partial charge in [-0.2, -0.15) is 0 Å². The Hall–Kier alpha value is -0.610. The third-order valence-corrected chi connectivity index (χ3v) is 2.97. The van der Waals surface area contributed by atoms with Crippen LogP contribution in [0.4, 0.5) is 5.82 Å². The predicted molar refractivity (Wildman–Crippen MR) is 64.3 cm³/mol. The second kappa shape index (κ2) is 4.94. The average molecular weight is 271 g/mol. The van der Waals surface area contributed by atoms with Crippen molar-refractivity contribution in [1.82, 2.24) is 4.98 Å². The van der Waals surface area contributed by atoms with E-state index in [9.17, 15) is 0 Å². The first-order valence-corrected chi connectivity index (χ1v) is 6.01. The van der Waals surface area contributed by atoms with E-state index in [0.29, 0.717) is 0 Å². The number of aryl methyl sites for hydroxylation is 1. The van der Waals surface area contributed by atoms with Crippen molar-refractivity contribution in [3.63, 3.8) is 0 Å². The van der Waals surface area contributed by atoms with Gasteiger partial charge in [0.15, 0.2) is 0 Å². The number of anilines is 1. The molecule has 0 spiro atoms. The summed E-state index contributed by atoms with van der Waals surface area (Å²) in [4.78, 5) is 6.77. The zero-order chi connectivity index (χ0) is 10.7. The highest BCUT2D eigenvalue weighted by atomic mass is 79.9. The van der Waals surface area contributed by atoms with Crippen LogP contribution in [0.15, 0.2) is 16.7 Å². The van der Waals surface area contributed by atoms with Gasteiger partial charge in [-0.05, 0) is 40.9 Å². The Morgan fingerprint density at radius 1 is 1.40 bits per heavy atom. The van der Waals surface area contributed by atoms with E-state index in [1.54, 1.807) is 0 Å². The average Bonchev–Trinajstić information content (AvgIpc) is 2.46. The lowest BCUT2D eigenvalue weighted by Crippen LogP contribution is -2.27. The number of ether oxygens (including phenoxy) is 1. The minimum Gasteiger partial charge on any atom is -0.380 e. The van der Waals surface area contributed by atoms with Crippen LogP contribution in [-0.2, 0) is 4.74 Å². The molecule has 0 saturated carbocycles. The van der Waals surface area contributed by atoms with E-state index < -0.39 is 0 Å². The molecule has 82 valence electrons. The van der Waals surface area contributed by atoms with Gasteiger partial charge in [-0.25, -0.2) is 4.98 Å². The third-order valence-electron chi connectivity index (χ3n) is 2.54. The zero-order valence-electron chi connectivity index (χ0n) is 8.87. The van der Waals surface area contributed by atoms with Crippen LogP contribution in [0.3, 0.4) is 0 Å². The summed E-state index contributed by atoms with van der Waals surface area (Å²) < 4.78 is 6.47. The number of pyridine rings is 1. The zero-order valence-corrected chi connectivity index (χ0v) is 10.5. The van der Waals surface area contributed by atoms with E-state index in [2.05, 4.69) is 38.8 Å². The lowest BCUT2D eigenvalue weighted by atomic mass is 10.2. The van der Waals surface area contributed by atoms with Gasteiger partial charge in [0.25, 0.3) is 0 Å². The van der Waals surface area contributed by atoms with Crippen molar-refractivity contribution >= 4 is 21.7 Å². The van der Waals surface area contributed by atoms with E-state index >= 15 is 0 Å². The molecule has 0 amide bonds. The van der Waals surface area contributed by atoms with Gasteiger partial charge in [0.1, 0.15) is 5.82 Å². The monoisotopic (exact) mass is 270 g/mol. The van der Waals surface area contributed by atoms with Crippen LogP contribution in [0.1, 0.15) is 12.0 Å². The predicted octanol–water partition coefficient (Wildman–Crippen LogP) is 2.38. The fourth-order valence-electron chi connectivity index (χ4n) is 1.82. The molecule has 1 aliphatic rings. The second-order valence-corrected chi connectivity index (χ2v) is 4.66. The molecule has 0 radical (unpaired) electrons. The molecule has 0 atom stereocenters. The Morgan fingerprint density at radius 3 is 3.07 bits per heavy atom. The Morgan fingerprint density at radius 2 is 2.27 bits per heavy atom. The first-order chi connectivity index (χ1) is 7.27. The summed E-state index contributed by atoms with van der Waals surface area (Å²) in [6.07, 6.45) is 2.94. The standard InChI is InChI=1S/C11H15BrN2O/c1-9-7-10(12)8-13-11(9)14-3-2-5-15-6-4-14/h7-8H,2-6H2,1H3. The largest absolute Gasteiger partial charge is 0.380 e. The van der Waals surface area contributed by atoms with Crippen LogP contribution in [-0.4, -0.2) is 31.3 Å². The van der Waals surface area contributed by atoms with Crippen LogP contribution in [0.25, 0.3) is 0 Å². The van der Waals surface area contributed by atoms with Crippen LogP contribution >= 0.6 is 15.9 Å². The molecule has 15 heavy (non-hydrogen) atoms. The molecule has 4 heteroatoms. The van der Waals surface area contributed by atoms with E-state index in [4.69, 9.17) is 4.74 Å². The van der Waals surface area contributed by atoms with Crippen LogP contribution in [0, 0.1) is 6.92 Å². The van der Waals surface area contributed by atoms with Crippen LogP contribution in [0.2, 0.25) is 0 Å². The molecule has 0 aromatic carbocycles. The molecule has 1 aromatic rings. The number of hydrogen-bond donors (Lipinski definition) is 0. The van der Waals surface area contributed by atoms with Gasteiger partial charge in [-0.15, -0.1) is 0 Å². The summed E-state index contributed by atoms with van der Waals surface area (Å²) in [6, 6.07) is 2.11. The van der Waals surface area contributed by atoms with Crippen molar-refractivity contribution in [1.29, 1.82) is 0 Å². The number of nitrogens with zero attached hydrogens (tertiary/aromatic N) is 2. The van der Waals surface area contributed by atoms with Gasteiger partial charge in [0.2, 0.25) is 0 Å². The fourth-order valence-corrected chi connectivity index (χ4v) is 2.27. The molecule has 0 bridgehead atoms. The molecular weight excluding hydrogens is 256 g/mol. The normalized spacial score (nSPS) is 17.6. The highest BCUT2D eigenvalue weighted by molar-refractivity contribution is 9.10. The van der Waals surface area contributed by atoms with Gasteiger partial charge >= 0.3 is 0 Å². The second-order valence-electron chi connectivity index (χ2n) is 3.75. The first-order valence-electron chi connectivity index (χ1n) is 5.22. The van der Waals surface area contributed by atoms with Crippen LogP contribution in [0.5, 0.6) is 0 Å². The maximum absolute atomic E-state index is 5.43. The highest BCUT2D eigenvalue weighted by Gasteiger charge is 2.13. The molecule has 1 aliphatic heterocycles. The van der Waals surface area contributed by atoms with E-state index in [1.165, 1.54) is 5.56 Å². The number of rotatable bonds is 1. The first kappa shape index (κ1) is 10.9. The summed E-state index contributed by atoms with van der Waals surface area (Å²) in [5.41, 5.74) is 1.21. The van der Waals surface area contributed by atoms with Crippen molar-refractivity contribution in [2.24, 2.45) is 0 Å². The Bertz CT molecular complexity index is 335. The minimum absolute atomic E-state index is 0.803. The molecule has 0 N–H and O–H groups in total. The SMILES string of the molecule is Cc1cc(Br)cnc1N1CCCOCC1. The molecule has 2 rings (SSSR count). The third kappa shape index (κ3) is 2.69. The van der Waals surface area contributed by atoms with Crippen LogP contribution < -0.4 is 4.90 Å². The van der Waals surface area contributed by atoms with E-state index in [-0.39, 0.29) is 0 Å². The van der Waals surface area contributed by atoms with Crippen molar-refractivity contribution in [2.75, 3.05) is 31.2 Å². The smallest absolute Gasteiger partial charge is 0.131 e. The van der Waals surface area contributed by atoms with Crippen molar-refractivity contribution in [3.05, 3.63) is 22.3 Å². The molecule has 0 unspecified atom stereocenters. The summed E-state index contributed by atoms with van der Waals surface area (Å²) in [6.45, 7) is 5.74. The molecule has 2 heterocycles.